The van der Waals surface area contributed by atoms with E-state index in [0.717, 1.165) is 25.7 Å². The van der Waals surface area contributed by atoms with Crippen molar-refractivity contribution in [3.8, 4) is 0 Å². The van der Waals surface area contributed by atoms with E-state index in [1.165, 1.54) is 6.08 Å². The fourth-order valence-electron chi connectivity index (χ4n) is 3.67. The Hall–Kier alpha value is -4.13. The van der Waals surface area contributed by atoms with Crippen molar-refractivity contribution in [2.75, 3.05) is 13.2 Å². The predicted molar refractivity (Wildman–Crippen MR) is 125 cm³/mol. The number of nitrogens with one attached hydrogen (secondary N) is 1. The van der Waals surface area contributed by atoms with E-state index in [-0.39, 0.29) is 13.2 Å². The Bertz CT molecular complexity index is 984. The molecule has 1 heterocycles. The number of rotatable bonds is 10. The molecule has 1 saturated heterocycles. The lowest BCUT2D eigenvalue weighted by Crippen LogP contribution is -2.70. The first-order valence-corrected chi connectivity index (χ1v) is 11.2. The normalized spacial score (nSPS) is 22.6. The molecule has 0 radical (unpaired) electrons. The van der Waals surface area contributed by atoms with Gasteiger partial charge in [0.2, 0.25) is 0 Å². The largest absolute Gasteiger partial charge is 0.465 e. The lowest BCUT2D eigenvalue weighted by atomic mass is 9.94. The minimum Gasteiger partial charge on any atom is -0.465 e. The van der Waals surface area contributed by atoms with Gasteiger partial charge in [-0.15, -0.1) is 6.58 Å². The first kappa shape index (κ1) is 29.1. The Morgan fingerprint density at radius 1 is 1.00 bits per heavy atom. The van der Waals surface area contributed by atoms with Gasteiger partial charge in [0.15, 0.2) is 18.4 Å². The Labute approximate surface area is 213 Å². The number of carbonyl (C=O) groups is 5. The molecule has 0 spiro atoms. The molecule has 1 aliphatic heterocycles. The van der Waals surface area contributed by atoms with Gasteiger partial charge in [-0.1, -0.05) is 36.4 Å². The molecule has 1 aliphatic rings. The number of ether oxygens (including phenoxy) is 5. The third kappa shape index (κ3) is 8.79. The molecule has 1 aromatic carbocycles. The summed E-state index contributed by atoms with van der Waals surface area (Å²) in [5.41, 5.74) is 0.684. The maximum atomic E-state index is 12.7. The quantitative estimate of drug-likeness (QED) is 0.260. The molecule has 0 unspecified atom stereocenters. The molecule has 37 heavy (non-hydrogen) atoms. The highest BCUT2D eigenvalue weighted by molar-refractivity contribution is 5.70. The van der Waals surface area contributed by atoms with Crippen LogP contribution in [0.25, 0.3) is 0 Å². The Morgan fingerprint density at radius 3 is 2.16 bits per heavy atom. The topological polar surface area (TPSA) is 167 Å². The zero-order chi connectivity index (χ0) is 27.5. The molecule has 5 atom stereocenters. The molecule has 2 rings (SSSR count). The van der Waals surface area contributed by atoms with Gasteiger partial charge < -0.3 is 34.1 Å². The highest BCUT2D eigenvalue weighted by atomic mass is 16.6. The van der Waals surface area contributed by atoms with Gasteiger partial charge in [0.25, 0.3) is 0 Å². The van der Waals surface area contributed by atoms with Crippen LogP contribution < -0.4 is 5.32 Å². The van der Waals surface area contributed by atoms with Crippen LogP contribution in [0.5, 0.6) is 0 Å². The average molecular weight is 523 g/mol. The minimum absolute atomic E-state index is 0.110. The second kappa shape index (κ2) is 13.8. The molecule has 0 aromatic heterocycles. The second-order valence-electron chi connectivity index (χ2n) is 7.97. The van der Waals surface area contributed by atoms with E-state index in [2.05, 4.69) is 11.9 Å². The Kier molecular flexibility index (Phi) is 10.9. The molecule has 202 valence electrons. The molecule has 0 saturated carbocycles. The summed E-state index contributed by atoms with van der Waals surface area (Å²) in [7, 11) is 0. The monoisotopic (exact) mass is 522 g/mol. The summed E-state index contributed by atoms with van der Waals surface area (Å²) in [6, 6.07) is 7.36. The summed E-state index contributed by atoms with van der Waals surface area (Å²) in [5.74, 6) is -2.29. The zero-order valence-electron chi connectivity index (χ0n) is 20.7. The fourth-order valence-corrected chi connectivity index (χ4v) is 3.67. The summed E-state index contributed by atoms with van der Waals surface area (Å²) < 4.78 is 26.9. The van der Waals surface area contributed by atoms with E-state index in [9.17, 15) is 29.1 Å². The molecular weight excluding hydrogens is 492 g/mol. The van der Waals surface area contributed by atoms with Gasteiger partial charge in [0, 0.05) is 27.3 Å². The van der Waals surface area contributed by atoms with Crippen LogP contribution in [0.15, 0.2) is 43.0 Å². The van der Waals surface area contributed by atoms with Crippen molar-refractivity contribution in [1.29, 1.82) is 0 Å². The lowest BCUT2D eigenvalue weighted by molar-refractivity contribution is -0.241. The first-order valence-electron chi connectivity index (χ1n) is 11.2. The molecular formula is C24H30N2O11. The van der Waals surface area contributed by atoms with Gasteiger partial charge in [-0.25, -0.2) is 9.59 Å². The van der Waals surface area contributed by atoms with E-state index < -0.39 is 67.3 Å². The minimum atomic E-state index is -1.49. The molecule has 1 aromatic rings. The van der Waals surface area contributed by atoms with E-state index in [0.29, 0.717) is 5.56 Å². The maximum absolute atomic E-state index is 12.7. The maximum Gasteiger partial charge on any atom is 0.409 e. The van der Waals surface area contributed by atoms with Gasteiger partial charge >= 0.3 is 30.1 Å². The summed E-state index contributed by atoms with van der Waals surface area (Å²) in [6.07, 6.45) is -6.73. The van der Waals surface area contributed by atoms with Crippen molar-refractivity contribution in [2.45, 2.75) is 58.0 Å². The molecule has 0 bridgehead atoms. The van der Waals surface area contributed by atoms with E-state index in [1.54, 1.807) is 30.3 Å². The summed E-state index contributed by atoms with van der Waals surface area (Å²) in [4.78, 5) is 60.9. The standard InChI is InChI=1S/C24H30N2O11/c1-5-11-26(24(31)32)22-19(25-23(30)34-12-17-9-7-6-8-10-17)21(36-16(4)29)20(35-15(3)28)18(37-22)13-33-14(2)27/h5-10,18-22H,1,11-13H2,2-4H3,(H,25,30)(H,31,32)/t18-,19-,20+,21-,22-/m1/s1. The van der Waals surface area contributed by atoms with E-state index >= 15 is 0 Å². The first-order chi connectivity index (χ1) is 17.5. The number of carboxylic acid groups (broad SMARTS) is 1. The second-order valence-corrected chi connectivity index (χ2v) is 7.97. The number of benzene rings is 1. The van der Waals surface area contributed by atoms with E-state index in [1.807, 2.05) is 0 Å². The molecule has 2 amide bonds. The van der Waals surface area contributed by atoms with Gasteiger partial charge in [-0.3, -0.25) is 19.3 Å². The highest BCUT2D eigenvalue weighted by Crippen LogP contribution is 2.29. The van der Waals surface area contributed by atoms with Gasteiger partial charge in [0.1, 0.15) is 25.4 Å². The van der Waals surface area contributed by atoms with Crippen LogP contribution in [0.2, 0.25) is 0 Å². The number of esters is 3. The Morgan fingerprint density at radius 2 is 1.62 bits per heavy atom. The molecule has 13 nitrogen and oxygen atoms in total. The molecule has 13 heteroatoms. The van der Waals surface area contributed by atoms with Crippen LogP contribution in [0.4, 0.5) is 9.59 Å². The molecule has 2 N–H and O–H groups in total. The number of carbonyl (C=O) groups excluding carboxylic acids is 4. The number of amides is 2. The fraction of sp³-hybridized carbons (Fsp3) is 0.458. The summed E-state index contributed by atoms with van der Waals surface area (Å²) in [5, 5.41) is 12.3. The Balaban J connectivity index is 2.45. The number of hydrogen-bond donors (Lipinski definition) is 2. The predicted octanol–water partition coefficient (Wildman–Crippen LogP) is 1.60. The third-order valence-electron chi connectivity index (χ3n) is 5.10. The van der Waals surface area contributed by atoms with Crippen LogP contribution in [0, 0.1) is 0 Å². The van der Waals surface area contributed by atoms with Crippen LogP contribution in [0.3, 0.4) is 0 Å². The molecule has 0 aliphatic carbocycles. The van der Waals surface area contributed by atoms with Gasteiger partial charge in [-0.05, 0) is 5.56 Å². The third-order valence-corrected chi connectivity index (χ3v) is 5.10. The van der Waals surface area contributed by atoms with Crippen molar-refractivity contribution >= 4 is 30.1 Å². The van der Waals surface area contributed by atoms with Crippen molar-refractivity contribution < 1.29 is 52.8 Å². The SMILES string of the molecule is C=CCN(C(=O)O)[C@@H]1O[C@H](COC(C)=O)[C@H](OC(C)=O)[C@H](OC(C)=O)[C@H]1NC(=O)OCc1ccccc1. The van der Waals surface area contributed by atoms with Crippen LogP contribution >= 0.6 is 0 Å². The zero-order valence-corrected chi connectivity index (χ0v) is 20.7. The van der Waals surface area contributed by atoms with E-state index in [4.69, 9.17) is 23.7 Å². The summed E-state index contributed by atoms with van der Waals surface area (Å²) >= 11 is 0. The lowest BCUT2D eigenvalue weighted by Gasteiger charge is -2.47. The van der Waals surface area contributed by atoms with Crippen molar-refractivity contribution in [3.05, 3.63) is 48.6 Å². The number of nitrogens with zero attached hydrogens (tertiary/aromatic N) is 1. The number of hydrogen-bond acceptors (Lipinski definition) is 10. The number of alkyl carbamates (subject to hydrolysis) is 1. The van der Waals surface area contributed by atoms with Crippen LogP contribution in [-0.2, 0) is 44.7 Å². The van der Waals surface area contributed by atoms with Gasteiger partial charge in [-0.2, -0.15) is 0 Å². The van der Waals surface area contributed by atoms with Crippen LogP contribution in [0.1, 0.15) is 26.3 Å². The highest BCUT2D eigenvalue weighted by Gasteiger charge is 2.53. The van der Waals surface area contributed by atoms with Crippen molar-refractivity contribution in [1.82, 2.24) is 10.2 Å². The summed E-state index contributed by atoms with van der Waals surface area (Å²) in [6.45, 7) is 6.02. The van der Waals surface area contributed by atoms with Crippen molar-refractivity contribution in [2.24, 2.45) is 0 Å². The van der Waals surface area contributed by atoms with Crippen LogP contribution in [-0.4, -0.2) is 83.8 Å². The van der Waals surface area contributed by atoms with Gasteiger partial charge in [0.05, 0.1) is 0 Å². The average Bonchev–Trinajstić information content (AvgIpc) is 2.82. The molecule has 1 fully saturated rings. The van der Waals surface area contributed by atoms with Crippen molar-refractivity contribution in [3.63, 3.8) is 0 Å². The smallest absolute Gasteiger partial charge is 0.409 e.